The molecule has 0 saturated heterocycles. The van der Waals surface area contributed by atoms with Gasteiger partial charge in [0.15, 0.2) is 0 Å². The number of rotatable bonds is 5. The molecule has 0 spiro atoms. The monoisotopic (exact) mass is 409 g/mol. The number of para-hydroxylation sites is 4. The molecule has 7 heteroatoms. The third-order valence-corrected chi connectivity index (χ3v) is 5.53. The van der Waals surface area contributed by atoms with Crippen molar-refractivity contribution in [2.24, 2.45) is 0 Å². The van der Waals surface area contributed by atoms with Crippen LogP contribution in [-0.2, 0) is 9.59 Å². The third-order valence-electron chi connectivity index (χ3n) is 5.53. The summed E-state index contributed by atoms with van der Waals surface area (Å²) >= 11 is 0. The molecule has 158 valence electrons. The topological polar surface area (TPSA) is 62.3 Å². The van der Waals surface area contributed by atoms with Gasteiger partial charge in [-0.15, -0.1) is 0 Å². The highest BCUT2D eigenvalue weighted by molar-refractivity contribution is 6.00. The van der Waals surface area contributed by atoms with E-state index in [0.717, 1.165) is 18.0 Å². The molecule has 0 saturated carbocycles. The fourth-order valence-corrected chi connectivity index (χ4v) is 3.93. The lowest BCUT2D eigenvalue weighted by molar-refractivity contribution is -0.131. The molecule has 30 heavy (non-hydrogen) atoms. The van der Waals surface area contributed by atoms with Crippen LogP contribution in [0.15, 0.2) is 48.5 Å². The van der Waals surface area contributed by atoms with Crippen LogP contribution in [0.3, 0.4) is 0 Å². The second kappa shape index (κ2) is 8.65. The van der Waals surface area contributed by atoms with Gasteiger partial charge in [0.1, 0.15) is 24.1 Å². The number of carbonyl (C=O) groups excluding carboxylic acids is 2. The van der Waals surface area contributed by atoms with Crippen LogP contribution >= 0.6 is 0 Å². The van der Waals surface area contributed by atoms with Crippen LogP contribution < -0.4 is 19.3 Å². The first-order chi connectivity index (χ1) is 14.6. The number of anilines is 2. The number of fused-ring (bicyclic) bond motifs is 2. The van der Waals surface area contributed by atoms with Gasteiger partial charge in [0.05, 0.1) is 37.5 Å². The highest BCUT2D eigenvalue weighted by Gasteiger charge is 2.29. The van der Waals surface area contributed by atoms with Gasteiger partial charge in [-0.05, 0) is 31.2 Å². The summed E-state index contributed by atoms with van der Waals surface area (Å²) in [5.41, 5.74) is 1.72. The third kappa shape index (κ3) is 4.06. The Bertz CT molecular complexity index is 932. The lowest BCUT2D eigenvalue weighted by Gasteiger charge is -2.37. The Kier molecular flexibility index (Phi) is 5.79. The molecule has 2 amide bonds. The number of carbonyl (C=O) groups is 2. The van der Waals surface area contributed by atoms with Crippen LogP contribution in [0.4, 0.5) is 11.4 Å². The van der Waals surface area contributed by atoms with E-state index >= 15 is 0 Å². The molecule has 4 rings (SSSR count). The SMILES string of the molecule is CCN1CC(CN(C)C(=O)CN2C(=O)CCOc3ccccc32)Oc2ccccc21. The van der Waals surface area contributed by atoms with E-state index in [4.69, 9.17) is 9.47 Å². The maximum Gasteiger partial charge on any atom is 0.242 e. The average molecular weight is 409 g/mol. The first kappa shape index (κ1) is 20.1. The van der Waals surface area contributed by atoms with Crippen LogP contribution in [0.2, 0.25) is 0 Å². The molecule has 1 unspecified atom stereocenters. The Morgan fingerprint density at radius 3 is 2.57 bits per heavy atom. The van der Waals surface area contributed by atoms with Crippen molar-refractivity contribution < 1.29 is 19.1 Å². The standard InChI is InChI=1S/C23H27N3O4/c1-3-25-15-17(30-21-11-7-4-8-18(21)25)14-24(2)23(28)16-26-19-9-5-6-10-20(19)29-13-12-22(26)27/h4-11,17H,3,12-16H2,1-2H3. The summed E-state index contributed by atoms with van der Waals surface area (Å²) < 4.78 is 11.8. The van der Waals surface area contributed by atoms with Crippen molar-refractivity contribution in [3.05, 3.63) is 48.5 Å². The number of nitrogens with zero attached hydrogens (tertiary/aromatic N) is 3. The fourth-order valence-electron chi connectivity index (χ4n) is 3.93. The van der Waals surface area contributed by atoms with Gasteiger partial charge in [0.2, 0.25) is 11.8 Å². The Hall–Kier alpha value is -3.22. The highest BCUT2D eigenvalue weighted by Crippen LogP contribution is 2.33. The van der Waals surface area contributed by atoms with E-state index in [1.54, 1.807) is 11.9 Å². The van der Waals surface area contributed by atoms with Crippen LogP contribution in [0, 0.1) is 0 Å². The van der Waals surface area contributed by atoms with E-state index in [-0.39, 0.29) is 30.9 Å². The number of ether oxygens (including phenoxy) is 2. The lowest BCUT2D eigenvalue weighted by Crippen LogP contribution is -2.49. The summed E-state index contributed by atoms with van der Waals surface area (Å²) in [6.07, 6.45) is 0.115. The molecular formula is C23H27N3O4. The summed E-state index contributed by atoms with van der Waals surface area (Å²) in [5.74, 6) is 1.22. The van der Waals surface area contributed by atoms with E-state index in [0.29, 0.717) is 31.1 Å². The van der Waals surface area contributed by atoms with Crippen molar-refractivity contribution in [1.29, 1.82) is 0 Å². The second-order valence-electron chi connectivity index (χ2n) is 7.57. The van der Waals surface area contributed by atoms with Crippen molar-refractivity contribution in [3.8, 4) is 11.5 Å². The molecule has 0 aromatic heterocycles. The lowest BCUT2D eigenvalue weighted by atomic mass is 10.2. The molecule has 2 heterocycles. The number of hydrogen-bond acceptors (Lipinski definition) is 5. The van der Waals surface area contributed by atoms with Crippen molar-refractivity contribution in [2.75, 3.05) is 49.6 Å². The van der Waals surface area contributed by atoms with Gasteiger partial charge in [0.25, 0.3) is 0 Å². The molecule has 2 aliphatic rings. The molecule has 2 aromatic rings. The van der Waals surface area contributed by atoms with Crippen LogP contribution in [0.5, 0.6) is 11.5 Å². The predicted molar refractivity (Wildman–Crippen MR) is 115 cm³/mol. The van der Waals surface area contributed by atoms with Crippen LogP contribution in [0.25, 0.3) is 0 Å². The zero-order chi connectivity index (χ0) is 21.1. The normalized spacial score (nSPS) is 17.9. The van der Waals surface area contributed by atoms with Crippen molar-refractivity contribution in [2.45, 2.75) is 19.4 Å². The van der Waals surface area contributed by atoms with Gasteiger partial charge in [-0.1, -0.05) is 24.3 Å². The first-order valence-electron chi connectivity index (χ1n) is 10.3. The largest absolute Gasteiger partial charge is 0.491 e. The second-order valence-corrected chi connectivity index (χ2v) is 7.57. The summed E-state index contributed by atoms with van der Waals surface area (Å²) in [7, 11) is 1.76. The van der Waals surface area contributed by atoms with Gasteiger partial charge >= 0.3 is 0 Å². The predicted octanol–water partition coefficient (Wildman–Crippen LogP) is 2.55. The van der Waals surface area contributed by atoms with Gasteiger partial charge in [0, 0.05) is 13.6 Å². The van der Waals surface area contributed by atoms with E-state index in [1.165, 1.54) is 4.90 Å². The molecule has 2 aliphatic heterocycles. The minimum absolute atomic E-state index is 0.0174. The Balaban J connectivity index is 1.44. The molecule has 0 bridgehead atoms. The molecule has 0 aliphatic carbocycles. The highest BCUT2D eigenvalue weighted by atomic mass is 16.5. The molecule has 7 nitrogen and oxygen atoms in total. The van der Waals surface area contributed by atoms with Crippen LogP contribution in [0.1, 0.15) is 13.3 Å². The van der Waals surface area contributed by atoms with Gasteiger partial charge in [-0.3, -0.25) is 14.5 Å². The van der Waals surface area contributed by atoms with Crippen molar-refractivity contribution >= 4 is 23.2 Å². The molecule has 2 aromatic carbocycles. The quantitative estimate of drug-likeness (QED) is 0.760. The minimum Gasteiger partial charge on any atom is -0.491 e. The first-order valence-corrected chi connectivity index (χ1v) is 10.3. The number of likely N-dealkylation sites (N-methyl/N-ethyl adjacent to an activating group) is 2. The smallest absolute Gasteiger partial charge is 0.242 e. The fraction of sp³-hybridized carbons (Fsp3) is 0.391. The molecule has 0 N–H and O–H groups in total. The summed E-state index contributed by atoms with van der Waals surface area (Å²) in [4.78, 5) is 31.0. The van der Waals surface area contributed by atoms with E-state index in [1.807, 2.05) is 48.5 Å². The Morgan fingerprint density at radius 1 is 1.10 bits per heavy atom. The van der Waals surface area contributed by atoms with Gasteiger partial charge in [-0.25, -0.2) is 0 Å². The van der Waals surface area contributed by atoms with Gasteiger partial charge < -0.3 is 19.3 Å². The zero-order valence-electron chi connectivity index (χ0n) is 17.4. The number of hydrogen-bond donors (Lipinski definition) is 0. The molecule has 0 radical (unpaired) electrons. The summed E-state index contributed by atoms with van der Waals surface area (Å²) in [5, 5.41) is 0. The summed E-state index contributed by atoms with van der Waals surface area (Å²) in [6, 6.07) is 15.3. The summed E-state index contributed by atoms with van der Waals surface area (Å²) in [6.45, 7) is 4.44. The Labute approximate surface area is 176 Å². The van der Waals surface area contributed by atoms with E-state index in [2.05, 4.69) is 11.8 Å². The number of amides is 2. The van der Waals surface area contributed by atoms with E-state index < -0.39 is 0 Å². The van der Waals surface area contributed by atoms with Gasteiger partial charge in [-0.2, -0.15) is 0 Å². The van der Waals surface area contributed by atoms with Crippen LogP contribution in [-0.4, -0.2) is 62.7 Å². The molecule has 0 fully saturated rings. The molecule has 1 atom stereocenters. The maximum absolute atomic E-state index is 13.0. The van der Waals surface area contributed by atoms with Crippen molar-refractivity contribution in [1.82, 2.24) is 4.90 Å². The van der Waals surface area contributed by atoms with E-state index in [9.17, 15) is 9.59 Å². The van der Waals surface area contributed by atoms with Crippen molar-refractivity contribution in [3.63, 3.8) is 0 Å². The molecular weight excluding hydrogens is 382 g/mol. The maximum atomic E-state index is 13.0. The minimum atomic E-state index is -0.135. The zero-order valence-corrected chi connectivity index (χ0v) is 17.4. The number of benzene rings is 2. The average Bonchev–Trinajstić information content (AvgIpc) is 2.91. The Morgan fingerprint density at radius 2 is 1.80 bits per heavy atom.